The number of methoxy groups -OCH3 is 1. The van der Waals surface area contributed by atoms with Gasteiger partial charge in [-0.1, -0.05) is 42.0 Å². The molecule has 0 bridgehead atoms. The number of para-hydroxylation sites is 1. The van der Waals surface area contributed by atoms with Crippen LogP contribution in [0.25, 0.3) is 22.9 Å². The van der Waals surface area contributed by atoms with Crippen LogP contribution < -0.4 is 9.47 Å². The highest BCUT2D eigenvalue weighted by atomic mass is 32.1. The minimum Gasteiger partial charge on any atom is -0.492 e. The minimum atomic E-state index is 0.491. The monoisotopic (exact) mass is 376 g/mol. The van der Waals surface area contributed by atoms with Crippen molar-refractivity contribution < 1.29 is 9.47 Å². The second-order valence-corrected chi connectivity index (χ2v) is 6.74. The molecule has 0 aliphatic heterocycles. The first-order valence-electron chi connectivity index (χ1n) is 8.60. The van der Waals surface area contributed by atoms with Gasteiger partial charge in [0.2, 0.25) is 0 Å². The van der Waals surface area contributed by atoms with Crippen LogP contribution in [0.4, 0.5) is 0 Å². The molecule has 0 atom stereocenters. The van der Waals surface area contributed by atoms with Crippen LogP contribution in [-0.4, -0.2) is 18.7 Å². The number of rotatable bonds is 6. The van der Waals surface area contributed by atoms with Gasteiger partial charge >= 0.3 is 0 Å². The Kier molecular flexibility index (Phi) is 5.90. The Labute approximate surface area is 163 Å². The number of ether oxygens (including phenoxy) is 2. The summed E-state index contributed by atoms with van der Waals surface area (Å²) in [6.07, 6.45) is 1.79. The third-order valence-electron chi connectivity index (χ3n) is 4.02. The van der Waals surface area contributed by atoms with Gasteiger partial charge in [-0.15, -0.1) is 11.3 Å². The van der Waals surface area contributed by atoms with Crippen molar-refractivity contribution in [2.24, 2.45) is 0 Å². The van der Waals surface area contributed by atoms with E-state index in [0.29, 0.717) is 28.7 Å². The number of nitrogens with zero attached hydrogens (tertiary/aromatic N) is 2. The predicted molar refractivity (Wildman–Crippen MR) is 110 cm³/mol. The molecule has 0 aliphatic rings. The van der Waals surface area contributed by atoms with Crippen LogP contribution in [0.2, 0.25) is 0 Å². The van der Waals surface area contributed by atoms with E-state index in [9.17, 15) is 5.26 Å². The van der Waals surface area contributed by atoms with Gasteiger partial charge in [0, 0.05) is 16.5 Å². The molecule has 0 saturated carbocycles. The first kappa shape index (κ1) is 18.7. The van der Waals surface area contributed by atoms with Crippen LogP contribution in [-0.2, 0) is 0 Å². The molecule has 5 heteroatoms. The largest absolute Gasteiger partial charge is 0.492 e. The lowest BCUT2D eigenvalue weighted by molar-refractivity contribution is 0.310. The fourth-order valence-corrected chi connectivity index (χ4v) is 3.48. The summed E-state index contributed by atoms with van der Waals surface area (Å²) in [7, 11) is 1.60. The fraction of sp³-hybridized carbons (Fsp3) is 0.182. The van der Waals surface area contributed by atoms with E-state index in [0.717, 1.165) is 16.8 Å². The number of aryl methyl sites for hydroxylation is 1. The first-order valence-corrected chi connectivity index (χ1v) is 9.48. The molecule has 27 heavy (non-hydrogen) atoms. The molecule has 136 valence electrons. The van der Waals surface area contributed by atoms with Gasteiger partial charge in [0.1, 0.15) is 11.1 Å². The number of thiazole rings is 1. The summed E-state index contributed by atoms with van der Waals surface area (Å²) in [5.74, 6) is 1.27. The Morgan fingerprint density at radius 2 is 2.00 bits per heavy atom. The third kappa shape index (κ3) is 4.18. The van der Waals surface area contributed by atoms with E-state index >= 15 is 0 Å². The molecular formula is C22H20N2O2S. The highest BCUT2D eigenvalue weighted by molar-refractivity contribution is 7.11. The van der Waals surface area contributed by atoms with E-state index in [-0.39, 0.29) is 0 Å². The molecule has 0 N–H and O–H groups in total. The van der Waals surface area contributed by atoms with Crippen molar-refractivity contribution in [2.75, 3.05) is 13.7 Å². The molecule has 1 heterocycles. The van der Waals surface area contributed by atoms with E-state index in [1.54, 1.807) is 13.2 Å². The van der Waals surface area contributed by atoms with E-state index < -0.39 is 0 Å². The Balaban J connectivity index is 1.98. The molecule has 2 aromatic carbocycles. The van der Waals surface area contributed by atoms with Crippen molar-refractivity contribution in [2.45, 2.75) is 13.8 Å². The molecule has 0 spiro atoms. The molecule has 0 aliphatic carbocycles. The van der Waals surface area contributed by atoms with Gasteiger partial charge in [-0.3, -0.25) is 0 Å². The van der Waals surface area contributed by atoms with Crippen molar-refractivity contribution in [1.29, 1.82) is 5.26 Å². The summed E-state index contributed by atoms with van der Waals surface area (Å²) in [4.78, 5) is 4.65. The van der Waals surface area contributed by atoms with Crippen LogP contribution in [0.3, 0.4) is 0 Å². The maximum Gasteiger partial charge on any atom is 0.167 e. The van der Waals surface area contributed by atoms with Crippen LogP contribution >= 0.6 is 11.3 Å². The third-order valence-corrected chi connectivity index (χ3v) is 4.89. The molecule has 0 unspecified atom stereocenters. The lowest BCUT2D eigenvalue weighted by Gasteiger charge is -2.11. The fourth-order valence-electron chi connectivity index (χ4n) is 2.69. The first-order chi connectivity index (χ1) is 13.2. The molecule has 3 rings (SSSR count). The van der Waals surface area contributed by atoms with Gasteiger partial charge in [0.15, 0.2) is 11.5 Å². The van der Waals surface area contributed by atoms with Crippen LogP contribution in [0.1, 0.15) is 23.1 Å². The summed E-state index contributed by atoms with van der Waals surface area (Å²) in [6.45, 7) is 4.52. The maximum absolute atomic E-state index is 9.67. The quantitative estimate of drug-likeness (QED) is 0.526. The van der Waals surface area contributed by atoms with E-state index in [4.69, 9.17) is 9.47 Å². The van der Waals surface area contributed by atoms with Crippen LogP contribution in [0, 0.1) is 18.3 Å². The number of allylic oxidation sites excluding steroid dienone is 1. The summed E-state index contributed by atoms with van der Waals surface area (Å²) in [6, 6.07) is 16.1. The number of hydrogen-bond acceptors (Lipinski definition) is 5. The van der Waals surface area contributed by atoms with Crippen molar-refractivity contribution in [3.8, 4) is 28.8 Å². The molecule has 0 amide bonds. The SMILES string of the molecule is CCOc1cccc(/C=C(\C#N)c2nc(-c3ccc(C)cc3)cs2)c1OC. The number of hydrogen-bond donors (Lipinski definition) is 0. The minimum absolute atomic E-state index is 0.491. The number of benzene rings is 2. The Hall–Kier alpha value is -3.10. The second kappa shape index (κ2) is 8.52. The molecule has 3 aromatic rings. The van der Waals surface area contributed by atoms with Crippen LogP contribution in [0.5, 0.6) is 11.5 Å². The summed E-state index contributed by atoms with van der Waals surface area (Å²) in [5, 5.41) is 12.3. The summed E-state index contributed by atoms with van der Waals surface area (Å²) in [5.41, 5.74) is 4.38. The Bertz CT molecular complexity index is 998. The number of aromatic nitrogens is 1. The van der Waals surface area contributed by atoms with Crippen molar-refractivity contribution in [3.05, 3.63) is 64.0 Å². The van der Waals surface area contributed by atoms with Gasteiger partial charge < -0.3 is 9.47 Å². The normalized spacial score (nSPS) is 11.1. The zero-order valence-electron chi connectivity index (χ0n) is 15.5. The topological polar surface area (TPSA) is 55.1 Å². The van der Waals surface area contributed by atoms with Crippen molar-refractivity contribution in [1.82, 2.24) is 4.98 Å². The highest BCUT2D eigenvalue weighted by Crippen LogP contribution is 2.34. The molecule has 0 radical (unpaired) electrons. The second-order valence-electron chi connectivity index (χ2n) is 5.89. The highest BCUT2D eigenvalue weighted by Gasteiger charge is 2.13. The lowest BCUT2D eigenvalue weighted by atomic mass is 10.1. The van der Waals surface area contributed by atoms with Gasteiger partial charge in [-0.25, -0.2) is 4.98 Å². The molecule has 1 aromatic heterocycles. The Morgan fingerprint density at radius 1 is 1.22 bits per heavy atom. The van der Waals surface area contributed by atoms with Gasteiger partial charge in [-0.2, -0.15) is 5.26 Å². The van der Waals surface area contributed by atoms with E-state index in [1.807, 2.05) is 42.6 Å². The smallest absolute Gasteiger partial charge is 0.167 e. The van der Waals surface area contributed by atoms with Crippen molar-refractivity contribution >= 4 is 23.0 Å². The average Bonchev–Trinajstić information content (AvgIpc) is 3.17. The molecular weight excluding hydrogens is 356 g/mol. The predicted octanol–water partition coefficient (Wildman–Crippen LogP) is 5.59. The lowest BCUT2D eigenvalue weighted by Crippen LogP contribution is -1.97. The van der Waals surface area contributed by atoms with Gasteiger partial charge in [-0.05, 0) is 26.0 Å². The zero-order valence-corrected chi connectivity index (χ0v) is 16.3. The zero-order chi connectivity index (χ0) is 19.2. The molecule has 4 nitrogen and oxygen atoms in total. The average molecular weight is 376 g/mol. The van der Waals surface area contributed by atoms with Gasteiger partial charge in [0.05, 0.1) is 25.0 Å². The maximum atomic E-state index is 9.67. The summed E-state index contributed by atoms with van der Waals surface area (Å²) < 4.78 is 11.1. The standard InChI is InChI=1S/C22H20N2O2S/c1-4-26-20-7-5-6-17(21(20)25-3)12-18(13-23)22-24-19(14-27-22)16-10-8-15(2)9-11-16/h5-12,14H,4H2,1-3H3/b18-12+. The van der Waals surface area contributed by atoms with Crippen molar-refractivity contribution in [3.63, 3.8) is 0 Å². The Morgan fingerprint density at radius 3 is 2.67 bits per heavy atom. The number of nitriles is 1. The van der Waals surface area contributed by atoms with Crippen LogP contribution in [0.15, 0.2) is 47.8 Å². The summed E-state index contributed by atoms with van der Waals surface area (Å²) >= 11 is 1.45. The molecule has 0 saturated heterocycles. The molecule has 0 fully saturated rings. The van der Waals surface area contributed by atoms with Gasteiger partial charge in [0.25, 0.3) is 0 Å². The van der Waals surface area contributed by atoms with E-state index in [2.05, 4.69) is 30.1 Å². The van der Waals surface area contributed by atoms with E-state index in [1.165, 1.54) is 16.9 Å².